The number of hydrogen-bond acceptors (Lipinski definition) is 4. The van der Waals surface area contributed by atoms with Crippen LogP contribution in [0.25, 0.3) is 115 Å². The summed E-state index contributed by atoms with van der Waals surface area (Å²) in [5.74, 6) is 1.36. The van der Waals surface area contributed by atoms with E-state index in [1.165, 1.54) is 28.2 Å². The molecular weight excluding hydrogens is 749 g/mol. The molecule has 0 spiro atoms. The highest BCUT2D eigenvalue weighted by atomic mass is 32.1. The van der Waals surface area contributed by atoms with E-state index in [1.807, 2.05) is 91.0 Å². The van der Waals surface area contributed by atoms with Crippen molar-refractivity contribution in [2.45, 2.75) is 0 Å². The molecule has 0 amide bonds. The van der Waals surface area contributed by atoms with Gasteiger partial charge in [0.15, 0.2) is 17.5 Å². The van der Waals surface area contributed by atoms with Crippen LogP contribution in [0, 0.1) is 0 Å². The maximum atomic E-state index is 9.64. The second-order valence-corrected chi connectivity index (χ2v) is 15.7. The molecule has 60 heavy (non-hydrogen) atoms. The molecule has 280 valence electrons. The van der Waals surface area contributed by atoms with Crippen molar-refractivity contribution in [3.8, 4) is 62.1 Å². The van der Waals surface area contributed by atoms with Crippen LogP contribution in [-0.4, -0.2) is 19.5 Å². The minimum atomic E-state index is -0.308. The largest absolute Gasteiger partial charge is 0.309 e. The van der Waals surface area contributed by atoms with Gasteiger partial charge in [0.05, 0.1) is 24.9 Å². The Labute approximate surface area is 358 Å². The molecule has 0 aliphatic rings. The van der Waals surface area contributed by atoms with Crippen molar-refractivity contribution in [2.24, 2.45) is 0 Å². The van der Waals surface area contributed by atoms with Crippen molar-refractivity contribution in [3.05, 3.63) is 206 Å². The first-order valence-corrected chi connectivity index (χ1v) is 20.5. The molecule has 0 saturated heterocycles. The molecule has 9 aromatic carbocycles. The standard InChI is InChI=1S/C55H34N4S/c1-2-15-37(16-3-1)53-56-54(38-30-28-36(29-31-38)41-22-12-17-35-14-4-5-18-40(35)41)58-55(57-53)39-32-33-50(59-48-25-9-6-19-42(48)43-20-7-10-26-49(43)59)47(34-39)46-24-13-23-45-44-21-8-11-27-51(44)60-52(45)46/h1-34H/i8D,13D,21D,23D,24D,27D. The van der Waals surface area contributed by atoms with Crippen molar-refractivity contribution < 1.29 is 8.22 Å². The molecule has 12 rings (SSSR count). The maximum absolute atomic E-state index is 9.64. The van der Waals surface area contributed by atoms with Crippen molar-refractivity contribution in [3.63, 3.8) is 0 Å². The summed E-state index contributed by atoms with van der Waals surface area (Å²) in [5.41, 5.74) is 8.02. The zero-order valence-electron chi connectivity index (χ0n) is 37.9. The lowest BCUT2D eigenvalue weighted by Crippen LogP contribution is -2.02. The number of fused-ring (bicyclic) bond motifs is 7. The third kappa shape index (κ3) is 5.63. The lowest BCUT2D eigenvalue weighted by atomic mass is 9.97. The predicted octanol–water partition coefficient (Wildman–Crippen LogP) is 14.8. The molecule has 0 radical (unpaired) electrons. The van der Waals surface area contributed by atoms with E-state index in [2.05, 4.69) is 77.4 Å². The van der Waals surface area contributed by atoms with Gasteiger partial charge < -0.3 is 4.57 Å². The summed E-state index contributed by atoms with van der Waals surface area (Å²) < 4.78 is 57.5. The quantitative estimate of drug-likeness (QED) is 0.169. The molecule has 0 aliphatic heterocycles. The van der Waals surface area contributed by atoms with E-state index < -0.39 is 0 Å². The van der Waals surface area contributed by atoms with Gasteiger partial charge >= 0.3 is 0 Å². The zero-order chi connectivity index (χ0) is 44.8. The molecule has 3 aromatic heterocycles. The zero-order valence-corrected chi connectivity index (χ0v) is 32.7. The molecule has 5 heteroatoms. The third-order valence-corrected chi connectivity index (χ3v) is 12.4. The highest BCUT2D eigenvalue weighted by molar-refractivity contribution is 7.26. The molecule has 0 fully saturated rings. The van der Waals surface area contributed by atoms with Crippen LogP contribution in [0.15, 0.2) is 206 Å². The minimum Gasteiger partial charge on any atom is -0.309 e. The van der Waals surface area contributed by atoms with Crippen molar-refractivity contribution in [1.29, 1.82) is 0 Å². The van der Waals surface area contributed by atoms with Gasteiger partial charge in [-0.2, -0.15) is 0 Å². The molecular formula is C55H34N4S. The molecule has 0 bridgehead atoms. The van der Waals surface area contributed by atoms with Crippen LogP contribution in [0.2, 0.25) is 0 Å². The monoisotopic (exact) mass is 788 g/mol. The average Bonchev–Trinajstić information content (AvgIpc) is 3.93. The highest BCUT2D eigenvalue weighted by Gasteiger charge is 2.21. The van der Waals surface area contributed by atoms with E-state index >= 15 is 0 Å². The Bertz CT molecular complexity index is 3900. The first-order chi connectivity index (χ1) is 32.2. The summed E-state index contributed by atoms with van der Waals surface area (Å²) in [6, 6.07) is 55.5. The first kappa shape index (κ1) is 28.6. The summed E-state index contributed by atoms with van der Waals surface area (Å²) in [6.07, 6.45) is 0. The molecule has 0 unspecified atom stereocenters. The van der Waals surface area contributed by atoms with Crippen molar-refractivity contribution in [2.75, 3.05) is 0 Å². The van der Waals surface area contributed by atoms with Crippen LogP contribution in [0.5, 0.6) is 0 Å². The number of nitrogens with zero attached hydrogens (tertiary/aromatic N) is 4. The summed E-state index contributed by atoms with van der Waals surface area (Å²) in [7, 11) is 0. The SMILES string of the molecule is [2H]c1cc([2H])c2sc3c(-c4cc(-c5nc(-c6ccccc6)nc(-c6ccc(-c7cccc8ccccc78)cc6)n5)ccc4-n4c5ccccc5c5ccccc54)c([2H])c([2H])c([2H])c3c2c1[2H]. The third-order valence-electron chi connectivity index (χ3n) is 11.2. The Morgan fingerprint density at radius 3 is 1.77 bits per heavy atom. The fourth-order valence-electron chi connectivity index (χ4n) is 8.44. The van der Waals surface area contributed by atoms with Gasteiger partial charge in [-0.15, -0.1) is 11.3 Å². The second kappa shape index (κ2) is 14.0. The Balaban J connectivity index is 1.13. The lowest BCUT2D eigenvalue weighted by Gasteiger charge is -2.17. The summed E-state index contributed by atoms with van der Waals surface area (Å²) in [5, 5.41) is 5.00. The van der Waals surface area contributed by atoms with Crippen molar-refractivity contribution >= 4 is 64.1 Å². The molecule has 4 nitrogen and oxygen atoms in total. The van der Waals surface area contributed by atoms with E-state index in [9.17, 15) is 4.11 Å². The maximum Gasteiger partial charge on any atom is 0.164 e. The number of thiophene rings is 1. The highest BCUT2D eigenvalue weighted by Crippen LogP contribution is 2.44. The summed E-state index contributed by atoms with van der Waals surface area (Å²) in [4.78, 5) is 15.3. The number of rotatable bonds is 6. The Morgan fingerprint density at radius 2 is 1.00 bits per heavy atom. The van der Waals surface area contributed by atoms with Gasteiger partial charge in [-0.25, -0.2) is 15.0 Å². The van der Waals surface area contributed by atoms with Crippen LogP contribution < -0.4 is 0 Å². The predicted molar refractivity (Wildman–Crippen MR) is 252 cm³/mol. The van der Waals surface area contributed by atoms with E-state index in [1.54, 1.807) is 0 Å². The van der Waals surface area contributed by atoms with Crippen LogP contribution >= 0.6 is 11.3 Å². The van der Waals surface area contributed by atoms with Crippen LogP contribution in [-0.2, 0) is 0 Å². The number of hydrogen-bond donors (Lipinski definition) is 0. The smallest absolute Gasteiger partial charge is 0.164 e. The van der Waals surface area contributed by atoms with Crippen molar-refractivity contribution in [1.82, 2.24) is 19.5 Å². The van der Waals surface area contributed by atoms with Gasteiger partial charge in [0.25, 0.3) is 0 Å². The minimum absolute atomic E-state index is 0.0586. The van der Waals surface area contributed by atoms with E-state index in [4.69, 9.17) is 19.1 Å². The van der Waals surface area contributed by atoms with E-state index in [0.29, 0.717) is 43.6 Å². The molecule has 0 saturated carbocycles. The van der Waals surface area contributed by atoms with Gasteiger partial charge in [-0.05, 0) is 58.3 Å². The molecule has 0 atom stereocenters. The van der Waals surface area contributed by atoms with E-state index in [-0.39, 0.29) is 47.0 Å². The molecule has 0 aliphatic carbocycles. The van der Waals surface area contributed by atoms with Crippen LogP contribution in [0.4, 0.5) is 0 Å². The second-order valence-electron chi connectivity index (χ2n) is 14.7. The molecule has 12 aromatic rings. The van der Waals surface area contributed by atoms with Crippen LogP contribution in [0.1, 0.15) is 8.22 Å². The Kier molecular flexibility index (Phi) is 6.67. The van der Waals surface area contributed by atoms with Gasteiger partial charge in [0.1, 0.15) is 0 Å². The van der Waals surface area contributed by atoms with E-state index in [0.717, 1.165) is 49.7 Å². The summed E-state index contributed by atoms with van der Waals surface area (Å²) >= 11 is 1.22. The van der Waals surface area contributed by atoms with Gasteiger partial charge in [0, 0.05) is 58.8 Å². The Morgan fingerprint density at radius 1 is 0.400 bits per heavy atom. The van der Waals surface area contributed by atoms with Crippen LogP contribution in [0.3, 0.4) is 0 Å². The number of benzene rings is 9. The van der Waals surface area contributed by atoms with Gasteiger partial charge in [-0.3, -0.25) is 0 Å². The van der Waals surface area contributed by atoms with Gasteiger partial charge in [-0.1, -0.05) is 170 Å². The average molecular weight is 789 g/mol. The topological polar surface area (TPSA) is 43.6 Å². The van der Waals surface area contributed by atoms with Gasteiger partial charge in [0.2, 0.25) is 0 Å². The summed E-state index contributed by atoms with van der Waals surface area (Å²) in [6.45, 7) is 0. The lowest BCUT2D eigenvalue weighted by molar-refractivity contribution is 1.07. The Hall–Kier alpha value is -7.73. The first-order valence-electron chi connectivity index (χ1n) is 22.7. The number of para-hydroxylation sites is 2. The fourth-order valence-corrected chi connectivity index (χ4v) is 9.53. The molecule has 3 heterocycles. The number of aromatic nitrogens is 4. The fraction of sp³-hybridized carbons (Fsp3) is 0. The normalized spacial score (nSPS) is 13.1. The molecule has 0 N–H and O–H groups in total.